The van der Waals surface area contributed by atoms with Crippen LogP contribution in [-0.2, 0) is 4.79 Å². The van der Waals surface area contributed by atoms with Crippen molar-refractivity contribution in [2.45, 2.75) is 24.8 Å². The number of Topliss-reactive ketones (excluding diaryl/α,β-unsaturated/α-hetero) is 1. The number of carboxylic acid groups (broad SMARTS) is 1. The van der Waals surface area contributed by atoms with Crippen molar-refractivity contribution in [3.05, 3.63) is 35.9 Å². The zero-order valence-electron chi connectivity index (χ0n) is 10.1. The van der Waals surface area contributed by atoms with Crippen LogP contribution in [0.5, 0.6) is 0 Å². The summed E-state index contributed by atoms with van der Waals surface area (Å²) in [5.74, 6) is -1.86. The predicted octanol–water partition coefficient (Wildman–Crippen LogP) is 0.780. The molecule has 98 valence electrons. The summed E-state index contributed by atoms with van der Waals surface area (Å²) in [6.45, 7) is 0.454. The first kappa shape index (κ1) is 14.3. The predicted molar refractivity (Wildman–Crippen MR) is 68.2 cm³/mol. The van der Waals surface area contributed by atoms with Gasteiger partial charge in [-0.15, -0.1) is 0 Å². The molecule has 0 aromatic heterocycles. The minimum Gasteiger partial charge on any atom is -0.480 e. The molecule has 1 rings (SSSR count). The van der Waals surface area contributed by atoms with Gasteiger partial charge in [-0.3, -0.25) is 4.79 Å². The molecule has 0 saturated heterocycles. The molecule has 0 aliphatic rings. The van der Waals surface area contributed by atoms with Gasteiger partial charge in [-0.2, -0.15) is 0 Å². The number of nitrogens with two attached hydrogens (primary N) is 2. The van der Waals surface area contributed by atoms with Gasteiger partial charge in [0.1, 0.15) is 0 Å². The fraction of sp³-hybridized carbons (Fsp3) is 0.385. The fourth-order valence-electron chi connectivity index (χ4n) is 1.71. The third kappa shape index (κ3) is 3.15. The van der Waals surface area contributed by atoms with Gasteiger partial charge >= 0.3 is 5.97 Å². The van der Waals surface area contributed by atoms with Gasteiger partial charge in [-0.25, -0.2) is 4.79 Å². The lowest BCUT2D eigenvalue weighted by molar-refractivity contribution is -0.141. The lowest BCUT2D eigenvalue weighted by Crippen LogP contribution is -2.54. The number of aliphatic carboxylic acids is 1. The molecule has 0 radical (unpaired) electrons. The molecule has 1 aromatic carbocycles. The number of benzene rings is 1. The Morgan fingerprint density at radius 2 is 1.78 bits per heavy atom. The summed E-state index contributed by atoms with van der Waals surface area (Å²) in [5.41, 5.74) is 9.57. The van der Waals surface area contributed by atoms with Crippen LogP contribution < -0.4 is 11.5 Å². The summed E-state index contributed by atoms with van der Waals surface area (Å²) in [5, 5.41) is 9.19. The molecule has 0 bridgehead atoms. The second-order valence-corrected chi connectivity index (χ2v) is 4.22. The van der Waals surface area contributed by atoms with E-state index in [1.54, 1.807) is 30.3 Å². The van der Waals surface area contributed by atoms with Crippen molar-refractivity contribution in [2.24, 2.45) is 11.5 Å². The highest BCUT2D eigenvalue weighted by atomic mass is 16.4. The number of unbranched alkanes of at least 4 members (excludes halogenated alkanes) is 1. The van der Waals surface area contributed by atoms with Crippen LogP contribution in [0.3, 0.4) is 0 Å². The zero-order valence-corrected chi connectivity index (χ0v) is 10.1. The second kappa shape index (κ2) is 6.28. The number of hydrogen-bond donors (Lipinski definition) is 3. The molecule has 0 unspecified atom stereocenters. The Labute approximate surface area is 106 Å². The van der Waals surface area contributed by atoms with Crippen molar-refractivity contribution in [1.29, 1.82) is 0 Å². The molecule has 0 heterocycles. The Morgan fingerprint density at radius 3 is 2.28 bits per heavy atom. The Kier molecular flexibility index (Phi) is 5.00. The topological polar surface area (TPSA) is 106 Å². The Morgan fingerprint density at radius 1 is 1.17 bits per heavy atom. The van der Waals surface area contributed by atoms with E-state index in [0.717, 1.165) is 0 Å². The van der Waals surface area contributed by atoms with Gasteiger partial charge < -0.3 is 16.6 Å². The van der Waals surface area contributed by atoms with Crippen LogP contribution in [0.1, 0.15) is 29.6 Å². The van der Waals surface area contributed by atoms with E-state index < -0.39 is 17.3 Å². The van der Waals surface area contributed by atoms with Crippen LogP contribution in [0.15, 0.2) is 30.3 Å². The number of carbonyl (C=O) groups excluding carboxylic acids is 1. The highest BCUT2D eigenvalue weighted by molar-refractivity contribution is 6.15. The van der Waals surface area contributed by atoms with E-state index in [4.69, 9.17) is 11.5 Å². The van der Waals surface area contributed by atoms with Crippen molar-refractivity contribution in [3.63, 3.8) is 0 Å². The molecule has 0 aliphatic heterocycles. The summed E-state index contributed by atoms with van der Waals surface area (Å²) in [6, 6.07) is 8.24. The standard InChI is InChI=1S/C13H18N2O3/c14-9-5-4-8-13(15,12(17)18)11(16)10-6-2-1-3-7-10/h1-3,6-7H,4-5,8-9,14-15H2,(H,17,18)/t13-/m0/s1. The van der Waals surface area contributed by atoms with Gasteiger partial charge in [0, 0.05) is 5.56 Å². The minimum absolute atomic E-state index is 0.0905. The van der Waals surface area contributed by atoms with Gasteiger partial charge in [0.15, 0.2) is 11.3 Å². The molecule has 0 fully saturated rings. The molecule has 18 heavy (non-hydrogen) atoms. The van der Waals surface area contributed by atoms with E-state index in [-0.39, 0.29) is 6.42 Å². The third-order valence-electron chi connectivity index (χ3n) is 2.85. The maximum Gasteiger partial charge on any atom is 0.331 e. The first-order valence-electron chi connectivity index (χ1n) is 5.84. The van der Waals surface area contributed by atoms with Crippen LogP contribution >= 0.6 is 0 Å². The van der Waals surface area contributed by atoms with Gasteiger partial charge in [0.05, 0.1) is 0 Å². The van der Waals surface area contributed by atoms with Gasteiger partial charge in [-0.1, -0.05) is 30.3 Å². The van der Waals surface area contributed by atoms with Crippen molar-refractivity contribution in [1.82, 2.24) is 0 Å². The van der Waals surface area contributed by atoms with E-state index in [2.05, 4.69) is 0 Å². The summed E-state index contributed by atoms with van der Waals surface area (Å²) >= 11 is 0. The molecule has 1 atom stereocenters. The third-order valence-corrected chi connectivity index (χ3v) is 2.85. The molecule has 5 nitrogen and oxygen atoms in total. The Balaban J connectivity index is 2.91. The Bertz CT molecular complexity index is 420. The zero-order chi connectivity index (χ0) is 13.6. The average Bonchev–Trinajstić information content (AvgIpc) is 2.38. The maximum atomic E-state index is 12.2. The number of carbonyl (C=O) groups is 2. The summed E-state index contributed by atoms with van der Waals surface area (Å²) < 4.78 is 0. The summed E-state index contributed by atoms with van der Waals surface area (Å²) in [7, 11) is 0. The largest absolute Gasteiger partial charge is 0.480 e. The number of rotatable bonds is 7. The SMILES string of the molecule is NCCCC[C@@](N)(C(=O)O)C(=O)c1ccccc1. The van der Waals surface area contributed by atoms with Gasteiger partial charge in [-0.05, 0) is 25.8 Å². The van der Waals surface area contributed by atoms with Crippen molar-refractivity contribution < 1.29 is 14.7 Å². The molecule has 5 N–H and O–H groups in total. The highest BCUT2D eigenvalue weighted by Crippen LogP contribution is 2.18. The fourth-order valence-corrected chi connectivity index (χ4v) is 1.71. The number of carboxylic acids is 1. The van der Waals surface area contributed by atoms with Crippen LogP contribution in [0.4, 0.5) is 0 Å². The molecule has 1 aromatic rings. The monoisotopic (exact) mass is 250 g/mol. The molecular weight excluding hydrogens is 232 g/mol. The van der Waals surface area contributed by atoms with E-state index in [9.17, 15) is 14.7 Å². The van der Waals surface area contributed by atoms with Crippen LogP contribution in [0.2, 0.25) is 0 Å². The normalized spacial score (nSPS) is 13.9. The van der Waals surface area contributed by atoms with Gasteiger partial charge in [0.25, 0.3) is 0 Å². The number of hydrogen-bond acceptors (Lipinski definition) is 4. The molecule has 0 saturated carbocycles. The lowest BCUT2D eigenvalue weighted by Gasteiger charge is -2.23. The van der Waals surface area contributed by atoms with Crippen molar-refractivity contribution in [2.75, 3.05) is 6.54 Å². The first-order chi connectivity index (χ1) is 8.52. The quantitative estimate of drug-likeness (QED) is 0.376. The van der Waals surface area contributed by atoms with Gasteiger partial charge in [0.2, 0.25) is 0 Å². The smallest absolute Gasteiger partial charge is 0.331 e. The van der Waals surface area contributed by atoms with Crippen molar-refractivity contribution in [3.8, 4) is 0 Å². The van der Waals surface area contributed by atoms with E-state index in [1.807, 2.05) is 0 Å². The van der Waals surface area contributed by atoms with Crippen molar-refractivity contribution >= 4 is 11.8 Å². The summed E-state index contributed by atoms with van der Waals surface area (Å²) in [4.78, 5) is 23.4. The van der Waals surface area contributed by atoms with Crippen LogP contribution in [-0.4, -0.2) is 28.9 Å². The second-order valence-electron chi connectivity index (χ2n) is 4.22. The average molecular weight is 250 g/mol. The molecule has 0 aliphatic carbocycles. The minimum atomic E-state index is -1.86. The summed E-state index contributed by atoms with van der Waals surface area (Å²) in [6.07, 6.45) is 1.25. The Hall–Kier alpha value is -1.72. The molecule has 5 heteroatoms. The van der Waals surface area contributed by atoms with Crippen LogP contribution in [0.25, 0.3) is 0 Å². The number of ketones is 1. The van der Waals surface area contributed by atoms with E-state index in [0.29, 0.717) is 24.9 Å². The van der Waals surface area contributed by atoms with E-state index >= 15 is 0 Å². The maximum absolute atomic E-state index is 12.2. The molecule has 0 spiro atoms. The highest BCUT2D eigenvalue weighted by Gasteiger charge is 2.41. The van der Waals surface area contributed by atoms with E-state index in [1.165, 1.54) is 0 Å². The van der Waals surface area contributed by atoms with Crippen LogP contribution in [0, 0.1) is 0 Å². The lowest BCUT2D eigenvalue weighted by atomic mass is 9.85. The molecular formula is C13H18N2O3. The molecule has 0 amide bonds. The first-order valence-corrected chi connectivity index (χ1v) is 5.84.